The van der Waals surface area contributed by atoms with Gasteiger partial charge in [-0.2, -0.15) is 11.3 Å². The molecule has 1 aromatic rings. The number of hydrogen-bond donors (Lipinski definition) is 1. The van der Waals surface area contributed by atoms with E-state index in [1.165, 1.54) is 24.9 Å². The molecule has 1 saturated heterocycles. The summed E-state index contributed by atoms with van der Waals surface area (Å²) >= 11 is 1.81. The van der Waals surface area contributed by atoms with E-state index in [2.05, 4.69) is 61.7 Å². The molecule has 1 N–H and O–H groups in total. The molecule has 3 heteroatoms. The van der Waals surface area contributed by atoms with Gasteiger partial charge in [0, 0.05) is 30.7 Å². The zero-order chi connectivity index (χ0) is 14.8. The van der Waals surface area contributed by atoms with Crippen molar-refractivity contribution in [2.24, 2.45) is 5.92 Å². The molecule has 1 aliphatic heterocycles. The lowest BCUT2D eigenvalue weighted by Crippen LogP contribution is -2.65. The topological polar surface area (TPSA) is 15.3 Å². The summed E-state index contributed by atoms with van der Waals surface area (Å²) < 4.78 is 0. The summed E-state index contributed by atoms with van der Waals surface area (Å²) in [6.07, 6.45) is 2.42. The molecule has 114 valence electrons. The van der Waals surface area contributed by atoms with Crippen molar-refractivity contribution in [2.45, 2.75) is 65.1 Å². The van der Waals surface area contributed by atoms with Gasteiger partial charge in [-0.25, -0.2) is 0 Å². The summed E-state index contributed by atoms with van der Waals surface area (Å²) in [6.45, 7) is 14.0. The first-order valence-electron chi connectivity index (χ1n) is 8.06. The summed E-state index contributed by atoms with van der Waals surface area (Å²) in [4.78, 5) is 2.75. The first-order valence-corrected chi connectivity index (χ1v) is 9.00. The largest absolute Gasteiger partial charge is 0.308 e. The number of nitrogens with one attached hydrogen (secondary N) is 1. The average Bonchev–Trinajstić information content (AvgIpc) is 2.99. The third-order valence-corrected chi connectivity index (χ3v) is 5.95. The summed E-state index contributed by atoms with van der Waals surface area (Å²) in [6, 6.07) is 3.44. The van der Waals surface area contributed by atoms with Crippen LogP contribution < -0.4 is 5.32 Å². The van der Waals surface area contributed by atoms with Crippen LogP contribution in [-0.4, -0.2) is 29.6 Å². The van der Waals surface area contributed by atoms with Crippen LogP contribution in [0.25, 0.3) is 0 Å². The molecule has 2 nitrogen and oxygen atoms in total. The molecule has 2 heterocycles. The minimum atomic E-state index is 0.301. The fourth-order valence-corrected chi connectivity index (χ4v) is 4.18. The molecule has 0 amide bonds. The van der Waals surface area contributed by atoms with Crippen molar-refractivity contribution in [1.82, 2.24) is 10.2 Å². The Kier molecular flexibility index (Phi) is 5.27. The van der Waals surface area contributed by atoms with Crippen LogP contribution in [0, 0.1) is 5.92 Å². The SMILES string of the molecule is CCC1(CC)CN(C(C)c2ccsc2)C(C(C)C)CN1. The van der Waals surface area contributed by atoms with Crippen LogP contribution in [0.5, 0.6) is 0 Å². The van der Waals surface area contributed by atoms with Crippen LogP contribution in [-0.2, 0) is 0 Å². The summed E-state index contributed by atoms with van der Waals surface area (Å²) in [5.74, 6) is 0.690. The van der Waals surface area contributed by atoms with E-state index in [1.807, 2.05) is 11.3 Å². The Morgan fingerprint density at radius 1 is 1.35 bits per heavy atom. The Hall–Kier alpha value is -0.380. The Bertz CT molecular complexity index is 395. The molecular weight excluding hydrogens is 264 g/mol. The Balaban J connectivity index is 2.23. The van der Waals surface area contributed by atoms with Gasteiger partial charge in [0.2, 0.25) is 0 Å². The van der Waals surface area contributed by atoms with Crippen molar-refractivity contribution in [3.63, 3.8) is 0 Å². The third kappa shape index (κ3) is 3.10. The fourth-order valence-electron chi connectivity index (χ4n) is 3.43. The first kappa shape index (κ1) is 16.0. The second-order valence-corrected chi connectivity index (χ2v) is 7.36. The van der Waals surface area contributed by atoms with E-state index in [-0.39, 0.29) is 0 Å². The van der Waals surface area contributed by atoms with Gasteiger partial charge >= 0.3 is 0 Å². The van der Waals surface area contributed by atoms with E-state index in [0.29, 0.717) is 23.5 Å². The molecule has 0 spiro atoms. The molecular formula is C17H30N2S. The van der Waals surface area contributed by atoms with Gasteiger partial charge in [-0.05, 0) is 48.1 Å². The molecule has 0 saturated carbocycles. The smallest absolute Gasteiger partial charge is 0.0332 e. The lowest BCUT2D eigenvalue weighted by atomic mass is 9.85. The van der Waals surface area contributed by atoms with Crippen LogP contribution in [0.4, 0.5) is 0 Å². The monoisotopic (exact) mass is 294 g/mol. The van der Waals surface area contributed by atoms with E-state index < -0.39 is 0 Å². The van der Waals surface area contributed by atoms with Gasteiger partial charge in [0.05, 0.1) is 0 Å². The van der Waals surface area contributed by atoms with Crippen molar-refractivity contribution >= 4 is 11.3 Å². The maximum absolute atomic E-state index is 3.85. The van der Waals surface area contributed by atoms with E-state index in [0.717, 1.165) is 6.54 Å². The van der Waals surface area contributed by atoms with Gasteiger partial charge in [0.1, 0.15) is 0 Å². The quantitative estimate of drug-likeness (QED) is 0.871. The molecule has 2 unspecified atom stereocenters. The number of thiophene rings is 1. The molecule has 2 rings (SSSR count). The summed E-state index contributed by atoms with van der Waals surface area (Å²) in [5, 5.41) is 8.36. The lowest BCUT2D eigenvalue weighted by Gasteiger charge is -2.51. The molecule has 20 heavy (non-hydrogen) atoms. The standard InChI is InChI=1S/C17H30N2S/c1-6-17(7-2)12-19(16(10-18-17)13(3)4)14(5)15-8-9-20-11-15/h8-9,11,13-14,16,18H,6-7,10,12H2,1-5H3. The first-order chi connectivity index (χ1) is 9.53. The molecule has 0 radical (unpaired) electrons. The number of piperazine rings is 1. The Labute approximate surface area is 128 Å². The van der Waals surface area contributed by atoms with Crippen molar-refractivity contribution in [3.05, 3.63) is 22.4 Å². The molecule has 1 aromatic heterocycles. The van der Waals surface area contributed by atoms with Crippen molar-refractivity contribution in [2.75, 3.05) is 13.1 Å². The van der Waals surface area contributed by atoms with Gasteiger partial charge in [0.25, 0.3) is 0 Å². The molecule has 0 aromatic carbocycles. The molecule has 2 atom stereocenters. The molecule has 0 bridgehead atoms. The summed E-state index contributed by atoms with van der Waals surface area (Å²) in [5.41, 5.74) is 1.78. The second-order valence-electron chi connectivity index (χ2n) is 6.58. The molecule has 1 aliphatic rings. The highest BCUT2D eigenvalue weighted by molar-refractivity contribution is 7.07. The van der Waals surface area contributed by atoms with Gasteiger partial charge in [-0.1, -0.05) is 27.7 Å². The fraction of sp³-hybridized carbons (Fsp3) is 0.765. The summed E-state index contributed by atoms with van der Waals surface area (Å²) in [7, 11) is 0. The minimum Gasteiger partial charge on any atom is -0.308 e. The van der Waals surface area contributed by atoms with Crippen molar-refractivity contribution in [3.8, 4) is 0 Å². The van der Waals surface area contributed by atoms with Gasteiger partial charge in [0.15, 0.2) is 0 Å². The van der Waals surface area contributed by atoms with E-state index in [4.69, 9.17) is 0 Å². The van der Waals surface area contributed by atoms with Crippen molar-refractivity contribution in [1.29, 1.82) is 0 Å². The van der Waals surface area contributed by atoms with Crippen LogP contribution in [0.15, 0.2) is 16.8 Å². The van der Waals surface area contributed by atoms with E-state index in [1.54, 1.807) is 0 Å². The van der Waals surface area contributed by atoms with Crippen LogP contribution in [0.2, 0.25) is 0 Å². The number of hydrogen-bond acceptors (Lipinski definition) is 3. The normalized spacial score (nSPS) is 25.0. The van der Waals surface area contributed by atoms with E-state index in [9.17, 15) is 0 Å². The van der Waals surface area contributed by atoms with Gasteiger partial charge in [-0.15, -0.1) is 0 Å². The number of nitrogens with zero attached hydrogens (tertiary/aromatic N) is 1. The maximum Gasteiger partial charge on any atom is 0.0332 e. The predicted molar refractivity (Wildman–Crippen MR) is 89.4 cm³/mol. The Morgan fingerprint density at radius 2 is 2.05 bits per heavy atom. The highest BCUT2D eigenvalue weighted by atomic mass is 32.1. The van der Waals surface area contributed by atoms with E-state index >= 15 is 0 Å². The van der Waals surface area contributed by atoms with Crippen molar-refractivity contribution < 1.29 is 0 Å². The Morgan fingerprint density at radius 3 is 2.55 bits per heavy atom. The minimum absolute atomic E-state index is 0.301. The number of rotatable bonds is 5. The highest BCUT2D eigenvalue weighted by Crippen LogP contribution is 2.33. The van der Waals surface area contributed by atoms with Gasteiger partial charge < -0.3 is 5.32 Å². The van der Waals surface area contributed by atoms with Crippen LogP contribution in [0.3, 0.4) is 0 Å². The molecule has 0 aliphatic carbocycles. The van der Waals surface area contributed by atoms with Gasteiger partial charge in [-0.3, -0.25) is 4.90 Å². The molecule has 1 fully saturated rings. The van der Waals surface area contributed by atoms with Crippen LogP contribution >= 0.6 is 11.3 Å². The maximum atomic E-state index is 3.85. The third-order valence-electron chi connectivity index (χ3n) is 5.24. The zero-order valence-electron chi connectivity index (χ0n) is 13.6. The zero-order valence-corrected chi connectivity index (χ0v) is 14.5. The lowest BCUT2D eigenvalue weighted by molar-refractivity contribution is 0.0215. The van der Waals surface area contributed by atoms with Crippen LogP contribution in [0.1, 0.15) is 59.1 Å². The predicted octanol–water partition coefficient (Wildman–Crippen LogP) is 4.30. The average molecular weight is 295 g/mol. The highest BCUT2D eigenvalue weighted by Gasteiger charge is 2.39. The second kappa shape index (κ2) is 6.59.